The number of nitrogens with one attached hydrogen (secondary N) is 1. The predicted molar refractivity (Wildman–Crippen MR) is 101 cm³/mol. The molecule has 0 saturated carbocycles. The Morgan fingerprint density at radius 1 is 1.08 bits per heavy atom. The minimum Gasteiger partial charge on any atom is -0.493 e. The molecular formula is C18H20INO4. The molecule has 0 heterocycles. The summed E-state index contributed by atoms with van der Waals surface area (Å²) in [6.45, 7) is 2.11. The molecule has 1 N–H and O–H groups in total. The van der Waals surface area contributed by atoms with Crippen LogP contribution in [-0.2, 0) is 11.3 Å². The van der Waals surface area contributed by atoms with E-state index >= 15 is 0 Å². The Balaban J connectivity index is 1.91. The molecular weight excluding hydrogens is 421 g/mol. The number of carbonyl (C=O) groups is 1. The van der Waals surface area contributed by atoms with Gasteiger partial charge in [0.2, 0.25) is 0 Å². The first-order valence-electron chi connectivity index (χ1n) is 7.44. The van der Waals surface area contributed by atoms with E-state index in [9.17, 15) is 4.79 Å². The summed E-state index contributed by atoms with van der Waals surface area (Å²) in [5.74, 6) is 1.78. The highest BCUT2D eigenvalue weighted by Gasteiger charge is 2.14. The summed E-state index contributed by atoms with van der Waals surface area (Å²) in [5, 5.41) is 2.86. The summed E-state index contributed by atoms with van der Waals surface area (Å²) in [5.41, 5.74) is 0.919. The molecule has 0 radical (unpaired) electrons. The number of hydrogen-bond acceptors (Lipinski definition) is 4. The summed E-state index contributed by atoms with van der Waals surface area (Å²) in [7, 11) is 3.17. The number of benzene rings is 2. The van der Waals surface area contributed by atoms with Crippen molar-refractivity contribution in [2.24, 2.45) is 0 Å². The van der Waals surface area contributed by atoms with Gasteiger partial charge in [-0.2, -0.15) is 0 Å². The van der Waals surface area contributed by atoms with Crippen LogP contribution in [-0.4, -0.2) is 26.2 Å². The number of ether oxygens (including phenoxy) is 3. The van der Waals surface area contributed by atoms with Crippen LogP contribution in [0.4, 0.5) is 0 Å². The lowest BCUT2D eigenvalue weighted by Gasteiger charge is -2.15. The first-order valence-corrected chi connectivity index (χ1v) is 8.52. The lowest BCUT2D eigenvalue weighted by atomic mass is 10.2. The van der Waals surface area contributed by atoms with E-state index < -0.39 is 6.10 Å². The van der Waals surface area contributed by atoms with Gasteiger partial charge in [0.05, 0.1) is 14.2 Å². The van der Waals surface area contributed by atoms with Crippen molar-refractivity contribution in [1.82, 2.24) is 5.32 Å². The molecule has 0 bridgehead atoms. The van der Waals surface area contributed by atoms with Gasteiger partial charge in [-0.3, -0.25) is 4.79 Å². The Hall–Kier alpha value is -1.96. The largest absolute Gasteiger partial charge is 0.493 e. The van der Waals surface area contributed by atoms with Crippen LogP contribution in [0.5, 0.6) is 17.2 Å². The van der Waals surface area contributed by atoms with Gasteiger partial charge in [0.15, 0.2) is 17.6 Å². The van der Waals surface area contributed by atoms with Crippen molar-refractivity contribution in [2.45, 2.75) is 19.6 Å². The van der Waals surface area contributed by atoms with Crippen molar-refractivity contribution < 1.29 is 19.0 Å². The van der Waals surface area contributed by atoms with Crippen LogP contribution >= 0.6 is 22.6 Å². The molecule has 2 rings (SSSR count). The molecule has 24 heavy (non-hydrogen) atoms. The number of amides is 1. The van der Waals surface area contributed by atoms with E-state index in [1.165, 1.54) is 0 Å². The second-order valence-electron chi connectivity index (χ2n) is 5.12. The van der Waals surface area contributed by atoms with Crippen LogP contribution in [0.25, 0.3) is 0 Å². The fraction of sp³-hybridized carbons (Fsp3) is 0.278. The van der Waals surface area contributed by atoms with Crippen LogP contribution in [0.15, 0.2) is 42.5 Å². The lowest BCUT2D eigenvalue weighted by Crippen LogP contribution is -2.35. The number of hydrogen-bond donors (Lipinski definition) is 1. The highest BCUT2D eigenvalue weighted by atomic mass is 127. The molecule has 2 aromatic rings. The molecule has 0 saturated heterocycles. The van der Waals surface area contributed by atoms with Crippen LogP contribution < -0.4 is 19.5 Å². The van der Waals surface area contributed by atoms with Gasteiger partial charge in [-0.05, 0) is 71.5 Å². The zero-order chi connectivity index (χ0) is 17.5. The van der Waals surface area contributed by atoms with E-state index in [0.717, 1.165) is 9.13 Å². The number of rotatable bonds is 7. The second-order valence-corrected chi connectivity index (χ2v) is 6.37. The van der Waals surface area contributed by atoms with E-state index in [2.05, 4.69) is 27.9 Å². The Morgan fingerprint density at radius 3 is 2.38 bits per heavy atom. The van der Waals surface area contributed by atoms with E-state index in [4.69, 9.17) is 14.2 Å². The van der Waals surface area contributed by atoms with E-state index in [0.29, 0.717) is 23.8 Å². The van der Waals surface area contributed by atoms with Crippen molar-refractivity contribution >= 4 is 28.5 Å². The van der Waals surface area contributed by atoms with Gasteiger partial charge in [0, 0.05) is 10.1 Å². The highest BCUT2D eigenvalue weighted by Crippen LogP contribution is 2.27. The van der Waals surface area contributed by atoms with Gasteiger partial charge in [0.1, 0.15) is 5.75 Å². The molecule has 2 aromatic carbocycles. The van der Waals surface area contributed by atoms with Crippen LogP contribution in [0, 0.1) is 3.57 Å². The van der Waals surface area contributed by atoms with Gasteiger partial charge in [-0.25, -0.2) is 0 Å². The molecule has 0 aromatic heterocycles. The highest BCUT2D eigenvalue weighted by molar-refractivity contribution is 14.1. The zero-order valence-corrected chi connectivity index (χ0v) is 16.0. The molecule has 0 aliphatic heterocycles. The standard InChI is InChI=1S/C18H20INO4/c1-12(24-15-7-5-14(19)6-8-15)18(21)20-11-13-4-9-16(22-2)17(10-13)23-3/h4-10,12H,11H2,1-3H3,(H,20,21). The summed E-state index contributed by atoms with van der Waals surface area (Å²) < 4.78 is 17.2. The van der Waals surface area contributed by atoms with Crippen molar-refractivity contribution in [1.29, 1.82) is 0 Å². The molecule has 0 aliphatic rings. The van der Waals surface area contributed by atoms with Crippen molar-refractivity contribution in [3.8, 4) is 17.2 Å². The summed E-state index contributed by atoms with van der Waals surface area (Å²) in [6, 6.07) is 13.1. The average Bonchev–Trinajstić information content (AvgIpc) is 2.61. The maximum Gasteiger partial charge on any atom is 0.261 e. The minimum absolute atomic E-state index is 0.177. The Bertz CT molecular complexity index is 688. The third-order valence-corrected chi connectivity index (χ3v) is 4.13. The Morgan fingerprint density at radius 2 is 1.75 bits per heavy atom. The Kier molecular flexibility index (Phi) is 6.72. The normalized spacial score (nSPS) is 11.5. The van der Waals surface area contributed by atoms with E-state index in [1.807, 2.05) is 42.5 Å². The van der Waals surface area contributed by atoms with Gasteiger partial charge in [0.25, 0.3) is 5.91 Å². The third-order valence-electron chi connectivity index (χ3n) is 3.41. The van der Waals surface area contributed by atoms with Crippen LogP contribution in [0.1, 0.15) is 12.5 Å². The van der Waals surface area contributed by atoms with Gasteiger partial charge >= 0.3 is 0 Å². The van der Waals surface area contributed by atoms with E-state index in [1.54, 1.807) is 21.1 Å². The molecule has 0 aliphatic carbocycles. The zero-order valence-electron chi connectivity index (χ0n) is 13.8. The maximum absolute atomic E-state index is 12.2. The summed E-state index contributed by atoms with van der Waals surface area (Å²) in [4.78, 5) is 12.2. The minimum atomic E-state index is -0.579. The monoisotopic (exact) mass is 441 g/mol. The van der Waals surface area contributed by atoms with Crippen LogP contribution in [0.3, 0.4) is 0 Å². The quantitative estimate of drug-likeness (QED) is 0.670. The first kappa shape index (κ1) is 18.4. The van der Waals surface area contributed by atoms with Crippen molar-refractivity contribution in [2.75, 3.05) is 14.2 Å². The lowest BCUT2D eigenvalue weighted by molar-refractivity contribution is -0.127. The number of methoxy groups -OCH3 is 2. The summed E-state index contributed by atoms with van der Waals surface area (Å²) in [6.07, 6.45) is -0.579. The fourth-order valence-electron chi connectivity index (χ4n) is 2.09. The SMILES string of the molecule is COc1ccc(CNC(=O)C(C)Oc2ccc(I)cc2)cc1OC. The smallest absolute Gasteiger partial charge is 0.261 e. The number of carbonyl (C=O) groups excluding carboxylic acids is 1. The molecule has 1 unspecified atom stereocenters. The topological polar surface area (TPSA) is 56.8 Å². The molecule has 1 atom stereocenters. The van der Waals surface area contributed by atoms with E-state index in [-0.39, 0.29) is 5.91 Å². The second kappa shape index (κ2) is 8.77. The van der Waals surface area contributed by atoms with Gasteiger partial charge in [-0.1, -0.05) is 6.07 Å². The molecule has 0 fully saturated rings. The molecule has 1 amide bonds. The third kappa shape index (κ3) is 5.02. The summed E-state index contributed by atoms with van der Waals surface area (Å²) >= 11 is 2.22. The predicted octanol–water partition coefficient (Wildman–Crippen LogP) is 3.39. The average molecular weight is 441 g/mol. The number of halogens is 1. The van der Waals surface area contributed by atoms with Gasteiger partial charge < -0.3 is 19.5 Å². The van der Waals surface area contributed by atoms with Crippen molar-refractivity contribution in [3.05, 3.63) is 51.6 Å². The Labute approximate surface area is 155 Å². The first-order chi connectivity index (χ1) is 11.5. The molecule has 6 heteroatoms. The molecule has 0 spiro atoms. The molecule has 128 valence electrons. The van der Waals surface area contributed by atoms with Gasteiger partial charge in [-0.15, -0.1) is 0 Å². The maximum atomic E-state index is 12.2. The fourth-order valence-corrected chi connectivity index (χ4v) is 2.45. The van der Waals surface area contributed by atoms with Crippen LogP contribution in [0.2, 0.25) is 0 Å². The van der Waals surface area contributed by atoms with Crippen molar-refractivity contribution in [3.63, 3.8) is 0 Å². The molecule has 5 nitrogen and oxygen atoms in total.